The molecule has 0 unspecified atom stereocenters. The minimum atomic E-state index is -0.477. The molecule has 26 heavy (non-hydrogen) atoms. The van der Waals surface area contributed by atoms with E-state index < -0.39 is 6.04 Å². The highest BCUT2D eigenvalue weighted by Gasteiger charge is 2.41. The molecule has 3 rings (SSSR count). The number of hydrogen-bond donors (Lipinski definition) is 0. The Kier molecular flexibility index (Phi) is 5.32. The summed E-state index contributed by atoms with van der Waals surface area (Å²) in [4.78, 5) is 30.5. The number of hydrogen-bond acceptors (Lipinski definition) is 3. The number of benzene rings is 1. The first-order valence-corrected chi connectivity index (χ1v) is 9.26. The van der Waals surface area contributed by atoms with E-state index in [1.807, 2.05) is 35.8 Å². The van der Waals surface area contributed by atoms with Crippen molar-refractivity contribution in [3.8, 4) is 0 Å². The van der Waals surface area contributed by atoms with Crippen molar-refractivity contribution in [1.29, 1.82) is 0 Å². The van der Waals surface area contributed by atoms with Crippen molar-refractivity contribution in [2.24, 2.45) is 5.41 Å². The summed E-state index contributed by atoms with van der Waals surface area (Å²) >= 11 is 0. The molecule has 142 valence electrons. The summed E-state index contributed by atoms with van der Waals surface area (Å²) in [6.07, 6.45) is 3.35. The Morgan fingerprint density at radius 2 is 1.92 bits per heavy atom. The van der Waals surface area contributed by atoms with Gasteiger partial charge in [-0.05, 0) is 56.5 Å². The highest BCUT2D eigenvalue weighted by molar-refractivity contribution is 5.83. The Morgan fingerprint density at radius 1 is 1.23 bits per heavy atom. The van der Waals surface area contributed by atoms with Crippen molar-refractivity contribution in [3.05, 3.63) is 35.6 Å². The third-order valence-electron chi connectivity index (χ3n) is 5.92. The number of rotatable bonds is 3. The van der Waals surface area contributed by atoms with Gasteiger partial charge in [-0.2, -0.15) is 0 Å². The fourth-order valence-corrected chi connectivity index (χ4v) is 4.35. The Hall–Kier alpha value is -1.95. The Labute approximate surface area is 154 Å². The molecule has 1 aromatic carbocycles. The van der Waals surface area contributed by atoms with E-state index >= 15 is 0 Å². The highest BCUT2D eigenvalue weighted by Crippen LogP contribution is 2.40. The number of halogens is 1. The summed E-state index contributed by atoms with van der Waals surface area (Å²) in [6.45, 7) is 2.18. The molecule has 1 atom stereocenters. The minimum Gasteiger partial charge on any atom is -0.345 e. The van der Waals surface area contributed by atoms with Gasteiger partial charge >= 0.3 is 0 Å². The monoisotopic (exact) mass is 361 g/mol. The first-order valence-electron chi connectivity index (χ1n) is 9.26. The fraction of sp³-hybridized carbons (Fsp3) is 0.600. The summed E-state index contributed by atoms with van der Waals surface area (Å²) < 4.78 is 13.6. The summed E-state index contributed by atoms with van der Waals surface area (Å²) in [6, 6.07) is 5.81. The molecule has 1 spiro atoms. The predicted molar refractivity (Wildman–Crippen MR) is 97.9 cm³/mol. The normalized spacial score (nSPS) is 21.3. The third kappa shape index (κ3) is 3.75. The molecule has 2 aliphatic heterocycles. The molecule has 6 heteroatoms. The van der Waals surface area contributed by atoms with Crippen LogP contribution in [0.3, 0.4) is 0 Å². The van der Waals surface area contributed by atoms with Crippen LogP contribution in [-0.2, 0) is 9.59 Å². The molecular formula is C20H28FN3O2. The van der Waals surface area contributed by atoms with E-state index in [-0.39, 0.29) is 23.0 Å². The lowest BCUT2D eigenvalue weighted by Gasteiger charge is -2.47. The van der Waals surface area contributed by atoms with Crippen molar-refractivity contribution >= 4 is 11.8 Å². The van der Waals surface area contributed by atoms with E-state index in [4.69, 9.17) is 0 Å². The standard InChI is InChI=1S/C20H28FN3O2/c1-22(2)18(15-5-4-6-16(21)13-15)19(26)24-11-9-20(10-12-24)8-7-17(25)23(3)14-20/h4-6,13,18H,7-12,14H2,1-3H3/t18-/m0/s1. The van der Waals surface area contributed by atoms with Gasteiger partial charge in [-0.1, -0.05) is 12.1 Å². The van der Waals surface area contributed by atoms with Gasteiger partial charge < -0.3 is 9.80 Å². The summed E-state index contributed by atoms with van der Waals surface area (Å²) in [5.74, 6) is -0.0849. The van der Waals surface area contributed by atoms with Crippen LogP contribution in [0.4, 0.5) is 4.39 Å². The second-order valence-corrected chi connectivity index (χ2v) is 8.00. The summed E-state index contributed by atoms with van der Waals surface area (Å²) in [5, 5.41) is 0. The molecule has 2 fully saturated rings. The second-order valence-electron chi connectivity index (χ2n) is 8.00. The van der Waals surface area contributed by atoms with Gasteiger partial charge in [0.25, 0.3) is 0 Å². The van der Waals surface area contributed by atoms with Gasteiger partial charge in [0.2, 0.25) is 11.8 Å². The van der Waals surface area contributed by atoms with Crippen LogP contribution in [0.25, 0.3) is 0 Å². The van der Waals surface area contributed by atoms with Crippen LogP contribution in [0, 0.1) is 11.2 Å². The van der Waals surface area contributed by atoms with E-state index in [0.29, 0.717) is 25.1 Å². The molecule has 5 nitrogen and oxygen atoms in total. The van der Waals surface area contributed by atoms with Crippen molar-refractivity contribution in [1.82, 2.24) is 14.7 Å². The number of amides is 2. The quantitative estimate of drug-likeness (QED) is 0.830. The van der Waals surface area contributed by atoms with E-state index in [2.05, 4.69) is 0 Å². The molecule has 0 aromatic heterocycles. The average Bonchev–Trinajstić information content (AvgIpc) is 2.59. The predicted octanol–water partition coefficient (Wildman–Crippen LogP) is 2.29. The van der Waals surface area contributed by atoms with Crippen LogP contribution in [0.5, 0.6) is 0 Å². The Bertz CT molecular complexity index is 683. The van der Waals surface area contributed by atoms with Gasteiger partial charge in [-0.15, -0.1) is 0 Å². The smallest absolute Gasteiger partial charge is 0.244 e. The topological polar surface area (TPSA) is 43.9 Å². The molecule has 0 radical (unpaired) electrons. The Morgan fingerprint density at radius 3 is 2.50 bits per heavy atom. The maximum Gasteiger partial charge on any atom is 0.244 e. The van der Waals surface area contributed by atoms with Gasteiger partial charge in [0, 0.05) is 33.1 Å². The Balaban J connectivity index is 1.69. The number of nitrogens with zero attached hydrogens (tertiary/aromatic N) is 3. The van der Waals surface area contributed by atoms with Crippen molar-refractivity contribution in [2.75, 3.05) is 40.8 Å². The molecule has 2 aliphatic rings. The number of piperidine rings is 2. The molecule has 0 aliphatic carbocycles. The fourth-order valence-electron chi connectivity index (χ4n) is 4.35. The number of carbonyl (C=O) groups is 2. The van der Waals surface area contributed by atoms with Gasteiger partial charge in [0.15, 0.2) is 0 Å². The van der Waals surface area contributed by atoms with Gasteiger partial charge in [-0.25, -0.2) is 4.39 Å². The van der Waals surface area contributed by atoms with E-state index in [9.17, 15) is 14.0 Å². The van der Waals surface area contributed by atoms with E-state index in [1.54, 1.807) is 12.1 Å². The molecule has 0 saturated carbocycles. The molecule has 0 bridgehead atoms. The SMILES string of the molecule is CN1CC2(CCC1=O)CCN(C(=O)[C@H](c1cccc(F)c1)N(C)C)CC2. The lowest BCUT2D eigenvalue weighted by molar-refractivity contribution is -0.143. The molecule has 2 amide bonds. The summed E-state index contributed by atoms with van der Waals surface area (Å²) in [5.41, 5.74) is 0.828. The molecular weight excluding hydrogens is 333 g/mol. The van der Waals surface area contributed by atoms with Crippen LogP contribution in [-0.4, -0.2) is 67.3 Å². The number of carbonyl (C=O) groups excluding carboxylic acids is 2. The molecule has 1 aromatic rings. The number of likely N-dealkylation sites (N-methyl/N-ethyl adjacent to an activating group) is 1. The summed E-state index contributed by atoms with van der Waals surface area (Å²) in [7, 11) is 5.56. The maximum atomic E-state index is 13.6. The third-order valence-corrected chi connectivity index (χ3v) is 5.92. The van der Waals surface area contributed by atoms with Crippen LogP contribution >= 0.6 is 0 Å². The van der Waals surface area contributed by atoms with E-state index in [0.717, 1.165) is 25.8 Å². The van der Waals surface area contributed by atoms with Crippen LogP contribution in [0.1, 0.15) is 37.3 Å². The maximum absolute atomic E-state index is 13.6. The van der Waals surface area contributed by atoms with Crippen molar-refractivity contribution < 1.29 is 14.0 Å². The number of likely N-dealkylation sites (tertiary alicyclic amines) is 2. The zero-order valence-corrected chi connectivity index (χ0v) is 15.9. The van der Waals surface area contributed by atoms with Crippen molar-refractivity contribution in [2.45, 2.75) is 31.7 Å². The van der Waals surface area contributed by atoms with Crippen LogP contribution in [0.15, 0.2) is 24.3 Å². The van der Waals surface area contributed by atoms with Gasteiger partial charge in [-0.3, -0.25) is 14.5 Å². The molecule has 2 heterocycles. The minimum absolute atomic E-state index is 0.0238. The van der Waals surface area contributed by atoms with Crippen LogP contribution < -0.4 is 0 Å². The van der Waals surface area contributed by atoms with Gasteiger partial charge in [0.1, 0.15) is 11.9 Å². The lowest BCUT2D eigenvalue weighted by Crippen LogP contribution is -2.52. The van der Waals surface area contributed by atoms with Crippen molar-refractivity contribution in [3.63, 3.8) is 0 Å². The zero-order valence-electron chi connectivity index (χ0n) is 15.9. The zero-order chi connectivity index (χ0) is 18.9. The lowest BCUT2D eigenvalue weighted by atomic mass is 9.72. The molecule has 2 saturated heterocycles. The van der Waals surface area contributed by atoms with E-state index in [1.165, 1.54) is 12.1 Å². The molecule has 0 N–H and O–H groups in total. The second kappa shape index (κ2) is 7.35. The van der Waals surface area contributed by atoms with Gasteiger partial charge in [0.05, 0.1) is 0 Å². The first kappa shape index (κ1) is 18.8. The first-order chi connectivity index (χ1) is 12.3. The average molecular weight is 361 g/mol. The largest absolute Gasteiger partial charge is 0.345 e. The van der Waals surface area contributed by atoms with Crippen LogP contribution in [0.2, 0.25) is 0 Å². The highest BCUT2D eigenvalue weighted by atomic mass is 19.1.